The summed E-state index contributed by atoms with van der Waals surface area (Å²) in [6.45, 7) is 4.34. The lowest BCUT2D eigenvalue weighted by molar-refractivity contribution is 0.767. The van der Waals surface area contributed by atoms with Gasteiger partial charge in [-0.2, -0.15) is 0 Å². The zero-order chi connectivity index (χ0) is 44.2. The fourth-order valence-electron chi connectivity index (χ4n) is 10.4. The van der Waals surface area contributed by atoms with E-state index >= 15 is 0 Å². The van der Waals surface area contributed by atoms with Gasteiger partial charge in [0.25, 0.3) is 0 Å². The molecule has 2 aromatic heterocycles. The van der Waals surface area contributed by atoms with Gasteiger partial charge in [-0.05, 0) is 150 Å². The Labute approximate surface area is 391 Å². The molecule has 2 heterocycles. The summed E-state index contributed by atoms with van der Waals surface area (Å²) in [5.41, 5.74) is 20.0. The fourth-order valence-corrected chi connectivity index (χ4v) is 11.4. The van der Waals surface area contributed by atoms with Crippen LogP contribution in [0, 0.1) is 13.8 Å². The van der Waals surface area contributed by atoms with Gasteiger partial charge >= 0.3 is 0 Å². The van der Waals surface area contributed by atoms with E-state index < -0.39 is 5.41 Å². The predicted molar refractivity (Wildman–Crippen MR) is 278 cm³/mol. The molecule has 66 heavy (non-hydrogen) atoms. The van der Waals surface area contributed by atoms with Crippen molar-refractivity contribution in [2.75, 3.05) is 4.90 Å². The lowest BCUT2D eigenvalue weighted by Gasteiger charge is -2.35. The first-order valence-electron chi connectivity index (χ1n) is 22.9. The highest BCUT2D eigenvalue weighted by Crippen LogP contribution is 2.57. The van der Waals surface area contributed by atoms with Crippen molar-refractivity contribution in [1.29, 1.82) is 0 Å². The molecule has 4 heteroatoms. The Balaban J connectivity index is 0.956. The molecule has 0 radical (unpaired) electrons. The molecule has 0 saturated carbocycles. The van der Waals surface area contributed by atoms with E-state index in [1.807, 2.05) is 11.3 Å². The van der Waals surface area contributed by atoms with E-state index in [9.17, 15) is 0 Å². The summed E-state index contributed by atoms with van der Waals surface area (Å²) < 4.78 is 2.38. The minimum absolute atomic E-state index is 0.507. The summed E-state index contributed by atoms with van der Waals surface area (Å²) in [4.78, 5) is 10.3. The molecule has 2 aliphatic rings. The predicted octanol–water partition coefficient (Wildman–Crippen LogP) is 16.6. The summed E-state index contributed by atoms with van der Waals surface area (Å²) >= 11 is 1.87. The summed E-state index contributed by atoms with van der Waals surface area (Å²) in [5.74, 6) is 0.955. The number of anilines is 3. The number of hydrogen-bond acceptors (Lipinski definition) is 3. The van der Waals surface area contributed by atoms with Gasteiger partial charge in [0, 0.05) is 38.1 Å². The molecule has 316 valence electrons. The zero-order valence-corrected chi connectivity index (χ0v) is 37.8. The molecule has 10 aromatic rings. The van der Waals surface area contributed by atoms with Gasteiger partial charge in [0.1, 0.15) is 5.82 Å². The summed E-state index contributed by atoms with van der Waals surface area (Å²) in [6.07, 6.45) is 6.52. The molecule has 0 unspecified atom stereocenters. The van der Waals surface area contributed by atoms with Crippen LogP contribution in [0.5, 0.6) is 0 Å². The highest BCUT2D eigenvalue weighted by Gasteiger charge is 2.46. The minimum atomic E-state index is -0.507. The van der Waals surface area contributed by atoms with Crippen molar-refractivity contribution >= 4 is 50.7 Å². The van der Waals surface area contributed by atoms with Crippen LogP contribution in [0.4, 0.5) is 17.1 Å². The SMILES string of the molecule is Cc1ccc(C2(c3ccc(C)cc3)c3ccccc3-c3ccc(N(c4ccccc4)c4ccc(-c5nc6ccccc6n5C5=CC=C(c6ccc(-c7ccccc7)s6)CC5)cc4)cc32)cc1. The molecule has 2 aliphatic carbocycles. The third kappa shape index (κ3) is 6.68. The maximum atomic E-state index is 5.30. The van der Waals surface area contributed by atoms with Gasteiger partial charge in [-0.3, -0.25) is 4.57 Å². The number of nitrogens with zero attached hydrogens (tertiary/aromatic N) is 3. The first-order chi connectivity index (χ1) is 32.5. The van der Waals surface area contributed by atoms with Crippen molar-refractivity contribution in [2.24, 2.45) is 0 Å². The van der Waals surface area contributed by atoms with Crippen LogP contribution in [-0.4, -0.2) is 9.55 Å². The fraction of sp³-hybridized carbons (Fsp3) is 0.0806. The van der Waals surface area contributed by atoms with E-state index in [0.717, 1.165) is 52.3 Å². The second-order valence-corrected chi connectivity index (χ2v) is 18.7. The molecule has 8 aromatic carbocycles. The first kappa shape index (κ1) is 39.8. The normalized spacial score (nSPS) is 13.8. The molecule has 0 amide bonds. The third-order valence-electron chi connectivity index (χ3n) is 13.6. The third-order valence-corrected chi connectivity index (χ3v) is 14.8. The molecule has 0 N–H and O–H groups in total. The highest BCUT2D eigenvalue weighted by molar-refractivity contribution is 7.16. The highest BCUT2D eigenvalue weighted by atomic mass is 32.1. The number of para-hydroxylation sites is 3. The maximum absolute atomic E-state index is 5.30. The van der Waals surface area contributed by atoms with E-state index in [-0.39, 0.29) is 0 Å². The molecule has 0 aliphatic heterocycles. The topological polar surface area (TPSA) is 21.1 Å². The van der Waals surface area contributed by atoms with Crippen LogP contribution in [0.15, 0.2) is 224 Å². The van der Waals surface area contributed by atoms with E-state index in [1.54, 1.807) is 0 Å². The number of hydrogen-bond donors (Lipinski definition) is 0. The number of thiophene rings is 1. The first-order valence-corrected chi connectivity index (χ1v) is 23.7. The number of allylic oxidation sites excluding steroid dienone is 4. The lowest BCUT2D eigenvalue weighted by Crippen LogP contribution is -2.28. The van der Waals surface area contributed by atoms with Crippen LogP contribution in [0.2, 0.25) is 0 Å². The molecule has 0 bridgehead atoms. The van der Waals surface area contributed by atoms with E-state index in [2.05, 4.69) is 248 Å². The largest absolute Gasteiger partial charge is 0.310 e. The Bertz CT molecular complexity index is 3420. The van der Waals surface area contributed by atoms with Gasteiger partial charge < -0.3 is 4.90 Å². The van der Waals surface area contributed by atoms with Gasteiger partial charge in [0.2, 0.25) is 0 Å². The average Bonchev–Trinajstić information content (AvgIpc) is 4.10. The smallest absolute Gasteiger partial charge is 0.145 e. The Kier molecular flexibility index (Phi) is 9.84. The number of aromatic nitrogens is 2. The van der Waals surface area contributed by atoms with Crippen LogP contribution < -0.4 is 4.90 Å². The van der Waals surface area contributed by atoms with E-state index in [0.29, 0.717) is 0 Å². The van der Waals surface area contributed by atoms with Crippen molar-refractivity contribution in [1.82, 2.24) is 9.55 Å². The van der Waals surface area contributed by atoms with Crippen molar-refractivity contribution in [3.63, 3.8) is 0 Å². The van der Waals surface area contributed by atoms with Crippen molar-refractivity contribution in [2.45, 2.75) is 32.1 Å². The van der Waals surface area contributed by atoms with Crippen LogP contribution >= 0.6 is 11.3 Å². The number of benzene rings is 8. The number of aryl methyl sites for hydroxylation is 2. The Morgan fingerprint density at radius 1 is 0.485 bits per heavy atom. The summed E-state index contributed by atoms with van der Waals surface area (Å²) in [6, 6.07) is 78.0. The average molecular weight is 866 g/mol. The number of fused-ring (bicyclic) bond motifs is 4. The molecule has 12 rings (SSSR count). The molecule has 3 nitrogen and oxygen atoms in total. The second kappa shape index (κ2) is 16.3. The van der Waals surface area contributed by atoms with E-state index in [4.69, 9.17) is 4.98 Å². The lowest BCUT2D eigenvalue weighted by atomic mass is 9.67. The van der Waals surface area contributed by atoms with Gasteiger partial charge in [-0.15, -0.1) is 11.3 Å². The number of rotatable bonds is 9. The summed E-state index contributed by atoms with van der Waals surface area (Å²) in [5, 5.41) is 0. The van der Waals surface area contributed by atoms with Gasteiger partial charge in [0.05, 0.1) is 16.4 Å². The van der Waals surface area contributed by atoms with Crippen LogP contribution in [0.1, 0.15) is 51.1 Å². The van der Waals surface area contributed by atoms with Crippen molar-refractivity contribution in [3.05, 3.63) is 263 Å². The van der Waals surface area contributed by atoms with Crippen LogP contribution in [0.25, 0.3) is 55.3 Å². The Hall–Kier alpha value is -7.79. The minimum Gasteiger partial charge on any atom is -0.310 e. The molecular formula is C62H47N3S. The van der Waals surface area contributed by atoms with Gasteiger partial charge in [0.15, 0.2) is 0 Å². The van der Waals surface area contributed by atoms with Gasteiger partial charge in [-0.25, -0.2) is 4.98 Å². The standard InChI is InChI=1S/C62H47N3S/c1-42-21-29-47(30-22-42)62(48-31-23-43(2)24-32-48)55-18-10-9-17-53(55)54-38-37-52(41-56(54)62)64(49-15-7-4-8-16-49)50-35-27-46(28-36-50)61-63-57-19-11-12-20-58(57)65(61)51-33-25-45(26-34-51)60-40-39-59(66-60)44-13-5-3-6-14-44/h3-25,27-33,35-41H,26,34H2,1-2H3. The molecular weight excluding hydrogens is 819 g/mol. The maximum Gasteiger partial charge on any atom is 0.145 e. The van der Waals surface area contributed by atoms with Crippen LogP contribution in [-0.2, 0) is 5.41 Å². The zero-order valence-electron chi connectivity index (χ0n) is 37.0. The van der Waals surface area contributed by atoms with Crippen LogP contribution in [0.3, 0.4) is 0 Å². The molecule has 0 saturated heterocycles. The molecule has 0 atom stereocenters. The quantitative estimate of drug-likeness (QED) is 0.144. The molecule has 0 spiro atoms. The Morgan fingerprint density at radius 3 is 1.80 bits per heavy atom. The van der Waals surface area contributed by atoms with Gasteiger partial charge in [-0.1, -0.05) is 157 Å². The molecule has 0 fully saturated rings. The summed E-state index contributed by atoms with van der Waals surface area (Å²) in [7, 11) is 0. The Morgan fingerprint density at radius 2 is 1.09 bits per heavy atom. The monoisotopic (exact) mass is 865 g/mol. The van der Waals surface area contributed by atoms with Crippen molar-refractivity contribution in [3.8, 4) is 33.0 Å². The van der Waals surface area contributed by atoms with Crippen molar-refractivity contribution < 1.29 is 0 Å². The second-order valence-electron chi connectivity index (χ2n) is 17.6. The van der Waals surface area contributed by atoms with E-state index in [1.165, 1.54) is 71.1 Å². The number of imidazole rings is 1.